The van der Waals surface area contributed by atoms with Crippen molar-refractivity contribution in [2.45, 2.75) is 58.9 Å². The monoisotopic (exact) mass is 447 g/mol. The van der Waals surface area contributed by atoms with Crippen molar-refractivity contribution >= 4 is 37.7 Å². The second-order valence-corrected chi connectivity index (χ2v) is 11.0. The molecule has 0 saturated carbocycles. The Kier molecular flexibility index (Phi) is 4.90. The summed E-state index contributed by atoms with van der Waals surface area (Å²) >= 11 is 3.73. The minimum Gasteiger partial charge on any atom is -0.336 e. The van der Waals surface area contributed by atoms with Gasteiger partial charge in [-0.15, -0.1) is 0 Å². The highest BCUT2D eigenvalue weighted by Crippen LogP contribution is 2.36. The van der Waals surface area contributed by atoms with Gasteiger partial charge in [-0.2, -0.15) is 0 Å². The summed E-state index contributed by atoms with van der Waals surface area (Å²) in [7, 11) is 0. The largest absolute Gasteiger partial charge is 0.336 e. The van der Waals surface area contributed by atoms with Crippen LogP contribution in [0.5, 0.6) is 0 Å². The van der Waals surface area contributed by atoms with Gasteiger partial charge in [-0.1, -0.05) is 87.8 Å². The van der Waals surface area contributed by atoms with Gasteiger partial charge in [-0.05, 0) is 57.9 Å². The number of fused-ring (bicyclic) bond motifs is 3. The average Bonchev–Trinajstić information content (AvgIpc) is 2.95. The van der Waals surface area contributed by atoms with E-state index in [1.165, 1.54) is 38.5 Å². The van der Waals surface area contributed by atoms with Crippen molar-refractivity contribution in [3.05, 3.63) is 81.8 Å². The maximum absolute atomic E-state index is 3.73. The third kappa shape index (κ3) is 3.75. The van der Waals surface area contributed by atoms with Crippen LogP contribution in [-0.2, 0) is 17.4 Å². The van der Waals surface area contributed by atoms with Crippen LogP contribution in [0, 0.1) is 0 Å². The second-order valence-electron chi connectivity index (χ2n) is 10.1. The Bertz CT molecular complexity index is 1130. The van der Waals surface area contributed by atoms with Gasteiger partial charge in [0, 0.05) is 32.8 Å². The maximum Gasteiger partial charge on any atom is 0.0494 e. The smallest absolute Gasteiger partial charge is 0.0494 e. The molecule has 1 nitrogen and oxygen atoms in total. The minimum atomic E-state index is 0.132. The SMILES string of the molecule is CC(C)(C)c1ccc2c(c1)c1cc(C(C)(C)C)ccc1n2Cc1ccccc1Br. The molecule has 2 heteroatoms. The van der Waals surface area contributed by atoms with E-state index in [2.05, 4.69) is 123 Å². The molecule has 0 aliphatic rings. The first-order valence-electron chi connectivity index (χ1n) is 10.4. The zero-order chi connectivity index (χ0) is 21.0. The van der Waals surface area contributed by atoms with Gasteiger partial charge in [0.15, 0.2) is 0 Å². The molecule has 4 rings (SSSR count). The van der Waals surface area contributed by atoms with E-state index in [1.807, 2.05) is 0 Å². The molecule has 1 aromatic heterocycles. The van der Waals surface area contributed by atoms with Crippen LogP contribution in [0.15, 0.2) is 65.1 Å². The predicted molar refractivity (Wildman–Crippen MR) is 130 cm³/mol. The molecule has 0 radical (unpaired) electrons. The highest BCUT2D eigenvalue weighted by Gasteiger charge is 2.20. The molecule has 150 valence electrons. The van der Waals surface area contributed by atoms with Crippen molar-refractivity contribution in [2.24, 2.45) is 0 Å². The molecule has 0 aliphatic heterocycles. The van der Waals surface area contributed by atoms with E-state index >= 15 is 0 Å². The number of rotatable bonds is 2. The van der Waals surface area contributed by atoms with Crippen molar-refractivity contribution < 1.29 is 0 Å². The van der Waals surface area contributed by atoms with Crippen LogP contribution < -0.4 is 0 Å². The molecule has 0 bridgehead atoms. The molecular formula is C27H30BrN. The average molecular weight is 448 g/mol. The third-order valence-electron chi connectivity index (χ3n) is 5.88. The van der Waals surface area contributed by atoms with Crippen LogP contribution in [0.2, 0.25) is 0 Å². The van der Waals surface area contributed by atoms with Gasteiger partial charge in [0.05, 0.1) is 0 Å². The number of halogens is 1. The van der Waals surface area contributed by atoms with Crippen molar-refractivity contribution in [3.8, 4) is 0 Å². The maximum atomic E-state index is 3.73. The summed E-state index contributed by atoms with van der Waals surface area (Å²) in [6.45, 7) is 14.6. The van der Waals surface area contributed by atoms with E-state index in [0.717, 1.165) is 11.0 Å². The van der Waals surface area contributed by atoms with Crippen LogP contribution >= 0.6 is 15.9 Å². The van der Waals surface area contributed by atoms with E-state index in [4.69, 9.17) is 0 Å². The van der Waals surface area contributed by atoms with Gasteiger partial charge >= 0.3 is 0 Å². The quantitative estimate of drug-likeness (QED) is 0.291. The number of benzene rings is 3. The first-order valence-corrected chi connectivity index (χ1v) is 11.2. The van der Waals surface area contributed by atoms with E-state index < -0.39 is 0 Å². The van der Waals surface area contributed by atoms with Crippen LogP contribution in [0.25, 0.3) is 21.8 Å². The molecular weight excluding hydrogens is 418 g/mol. The zero-order valence-electron chi connectivity index (χ0n) is 18.3. The van der Waals surface area contributed by atoms with Crippen molar-refractivity contribution in [2.75, 3.05) is 0 Å². The molecule has 0 amide bonds. The summed E-state index contributed by atoms with van der Waals surface area (Å²) in [5, 5.41) is 2.70. The second kappa shape index (κ2) is 7.02. The van der Waals surface area contributed by atoms with Gasteiger partial charge < -0.3 is 4.57 Å². The van der Waals surface area contributed by atoms with E-state index in [0.29, 0.717) is 0 Å². The Balaban J connectivity index is 2.02. The van der Waals surface area contributed by atoms with E-state index in [1.54, 1.807) is 0 Å². The molecule has 1 heterocycles. The summed E-state index contributed by atoms with van der Waals surface area (Å²) in [5.74, 6) is 0. The summed E-state index contributed by atoms with van der Waals surface area (Å²) in [6.07, 6.45) is 0. The van der Waals surface area contributed by atoms with Crippen LogP contribution in [0.1, 0.15) is 58.2 Å². The lowest BCUT2D eigenvalue weighted by Gasteiger charge is -2.19. The van der Waals surface area contributed by atoms with Crippen LogP contribution in [-0.4, -0.2) is 4.57 Å². The Hall–Kier alpha value is -2.06. The van der Waals surface area contributed by atoms with Crippen LogP contribution in [0.3, 0.4) is 0 Å². The fraction of sp³-hybridized carbons (Fsp3) is 0.333. The van der Waals surface area contributed by atoms with E-state index in [-0.39, 0.29) is 10.8 Å². The highest BCUT2D eigenvalue weighted by molar-refractivity contribution is 9.10. The molecule has 0 spiro atoms. The molecule has 0 saturated heterocycles. The van der Waals surface area contributed by atoms with Gasteiger partial charge in [-0.25, -0.2) is 0 Å². The summed E-state index contributed by atoms with van der Waals surface area (Å²) in [5.41, 5.74) is 6.92. The lowest BCUT2D eigenvalue weighted by atomic mass is 9.85. The minimum absolute atomic E-state index is 0.132. The molecule has 4 aromatic rings. The fourth-order valence-corrected chi connectivity index (χ4v) is 4.41. The standard InChI is InChI=1S/C27H30BrN/c1-26(2,3)19-11-13-24-21(15-19)22-16-20(27(4,5)6)12-14-25(22)29(24)17-18-9-7-8-10-23(18)28/h7-16H,17H2,1-6H3. The summed E-state index contributed by atoms with van der Waals surface area (Å²) in [4.78, 5) is 0. The summed E-state index contributed by atoms with van der Waals surface area (Å²) in [6, 6.07) is 22.5. The number of aromatic nitrogens is 1. The molecule has 0 aliphatic carbocycles. The molecule has 0 atom stereocenters. The third-order valence-corrected chi connectivity index (χ3v) is 6.66. The topological polar surface area (TPSA) is 4.93 Å². The lowest BCUT2D eigenvalue weighted by molar-refractivity contribution is 0.590. The molecule has 0 fully saturated rings. The number of nitrogens with zero attached hydrogens (tertiary/aromatic N) is 1. The first-order chi connectivity index (χ1) is 13.6. The molecule has 3 aromatic carbocycles. The van der Waals surface area contributed by atoms with Crippen molar-refractivity contribution in [1.29, 1.82) is 0 Å². The predicted octanol–water partition coefficient (Wildman–Crippen LogP) is 8.20. The lowest BCUT2D eigenvalue weighted by Crippen LogP contribution is -2.10. The Morgan fingerprint density at radius 1 is 0.690 bits per heavy atom. The Morgan fingerprint density at radius 3 is 1.62 bits per heavy atom. The van der Waals surface area contributed by atoms with Gasteiger partial charge in [0.25, 0.3) is 0 Å². The van der Waals surface area contributed by atoms with Crippen molar-refractivity contribution in [1.82, 2.24) is 4.57 Å². The molecule has 0 N–H and O–H groups in total. The number of hydrogen-bond donors (Lipinski definition) is 0. The van der Waals surface area contributed by atoms with Crippen LogP contribution in [0.4, 0.5) is 0 Å². The van der Waals surface area contributed by atoms with E-state index in [9.17, 15) is 0 Å². The highest BCUT2D eigenvalue weighted by atomic mass is 79.9. The van der Waals surface area contributed by atoms with Crippen molar-refractivity contribution in [3.63, 3.8) is 0 Å². The van der Waals surface area contributed by atoms with Gasteiger partial charge in [0.2, 0.25) is 0 Å². The summed E-state index contributed by atoms with van der Waals surface area (Å²) < 4.78 is 3.62. The normalized spacial score (nSPS) is 12.8. The Labute approximate surface area is 182 Å². The fourth-order valence-electron chi connectivity index (χ4n) is 4.00. The zero-order valence-corrected chi connectivity index (χ0v) is 19.9. The van der Waals surface area contributed by atoms with Gasteiger partial charge in [0.1, 0.15) is 0 Å². The van der Waals surface area contributed by atoms with Gasteiger partial charge in [-0.3, -0.25) is 0 Å². The Morgan fingerprint density at radius 2 is 1.17 bits per heavy atom. The molecule has 29 heavy (non-hydrogen) atoms. The molecule has 0 unspecified atom stereocenters. The first kappa shape index (κ1) is 20.2. The number of hydrogen-bond acceptors (Lipinski definition) is 0.